The van der Waals surface area contributed by atoms with E-state index >= 15 is 0 Å². The Morgan fingerprint density at radius 1 is 1.11 bits per heavy atom. The minimum Gasteiger partial charge on any atom is -0.323 e. The Labute approximate surface area is 156 Å². The summed E-state index contributed by atoms with van der Waals surface area (Å²) in [6, 6.07) is 13.1. The number of nitrogens with one attached hydrogen (secondary N) is 1. The van der Waals surface area contributed by atoms with E-state index in [1.807, 2.05) is 0 Å². The van der Waals surface area contributed by atoms with Crippen molar-refractivity contribution < 1.29 is 18.0 Å². The molecular weight excluding hydrogens is 379 g/mol. The number of carbonyl (C=O) groups excluding carboxylic acids is 1. The number of alkyl halides is 3. The normalized spacial score (nSPS) is 11.5. The van der Waals surface area contributed by atoms with Crippen molar-refractivity contribution in [3.8, 4) is 0 Å². The first-order valence-electron chi connectivity index (χ1n) is 7.87. The summed E-state index contributed by atoms with van der Waals surface area (Å²) >= 11 is 0.583. The maximum Gasteiger partial charge on any atom is 0.398 e. The minimum atomic E-state index is -4.32. The fraction of sp³-hybridized carbons (Fsp3) is 0.167. The molecule has 1 N–H and O–H groups in total. The van der Waals surface area contributed by atoms with Gasteiger partial charge < -0.3 is 5.32 Å². The summed E-state index contributed by atoms with van der Waals surface area (Å²) < 4.78 is 38.3. The number of rotatable bonds is 5. The monoisotopic (exact) mass is 393 g/mol. The van der Waals surface area contributed by atoms with Crippen molar-refractivity contribution in [3.63, 3.8) is 0 Å². The second-order valence-electron chi connectivity index (χ2n) is 5.64. The molecule has 1 aromatic heterocycles. The van der Waals surface area contributed by atoms with Crippen molar-refractivity contribution in [1.29, 1.82) is 0 Å². The van der Waals surface area contributed by atoms with Crippen LogP contribution in [0.2, 0.25) is 0 Å². The van der Waals surface area contributed by atoms with Crippen molar-refractivity contribution in [2.75, 3.05) is 11.1 Å². The molecule has 0 bridgehead atoms. The predicted molar refractivity (Wildman–Crippen MR) is 97.9 cm³/mol. The van der Waals surface area contributed by atoms with Gasteiger partial charge >= 0.3 is 6.18 Å². The second kappa shape index (κ2) is 7.83. The number of hydrogen-bond donors (Lipinski definition) is 1. The largest absolute Gasteiger partial charge is 0.398 e. The lowest BCUT2D eigenvalue weighted by Gasteiger charge is -2.12. The average molecular weight is 393 g/mol. The first kappa shape index (κ1) is 19.0. The summed E-state index contributed by atoms with van der Waals surface area (Å²) in [4.78, 5) is 25.0. The van der Waals surface area contributed by atoms with E-state index in [1.165, 1.54) is 18.3 Å². The number of fused-ring (bicyclic) bond motifs is 1. The van der Waals surface area contributed by atoms with Crippen LogP contribution in [0.15, 0.2) is 64.4 Å². The molecule has 27 heavy (non-hydrogen) atoms. The third kappa shape index (κ3) is 4.88. The lowest BCUT2D eigenvalue weighted by Crippen LogP contribution is -2.29. The molecule has 0 saturated heterocycles. The molecule has 5 nitrogen and oxygen atoms in total. The van der Waals surface area contributed by atoms with Gasteiger partial charge in [-0.1, -0.05) is 30.3 Å². The summed E-state index contributed by atoms with van der Waals surface area (Å²) in [5.41, 5.74) is -0.159. The summed E-state index contributed by atoms with van der Waals surface area (Å²) in [5.74, 6) is -1.62. The molecule has 9 heteroatoms. The number of anilines is 1. The highest BCUT2D eigenvalue weighted by atomic mass is 32.2. The Bertz CT molecular complexity index is 1030. The second-order valence-corrected chi connectivity index (χ2v) is 6.66. The van der Waals surface area contributed by atoms with Gasteiger partial charge in [-0.05, 0) is 18.2 Å². The number of amides is 1. The molecule has 2 aromatic carbocycles. The lowest BCUT2D eigenvalue weighted by molar-refractivity contribution is -0.117. The summed E-state index contributed by atoms with van der Waals surface area (Å²) in [7, 11) is 0. The summed E-state index contributed by atoms with van der Waals surface area (Å²) in [5, 5.41) is 7.60. The molecule has 0 aliphatic carbocycles. The molecule has 1 heterocycles. The van der Waals surface area contributed by atoms with Crippen LogP contribution >= 0.6 is 11.8 Å². The van der Waals surface area contributed by atoms with Gasteiger partial charge in [0, 0.05) is 10.3 Å². The fourth-order valence-electron chi connectivity index (χ4n) is 2.42. The van der Waals surface area contributed by atoms with Crippen molar-refractivity contribution in [2.24, 2.45) is 0 Å². The van der Waals surface area contributed by atoms with Crippen molar-refractivity contribution in [1.82, 2.24) is 9.78 Å². The Morgan fingerprint density at radius 2 is 1.81 bits per heavy atom. The lowest BCUT2D eigenvalue weighted by atomic mass is 10.2. The van der Waals surface area contributed by atoms with Gasteiger partial charge in [0.15, 0.2) is 0 Å². The number of aromatic nitrogens is 2. The third-order valence-corrected chi connectivity index (χ3v) is 4.75. The Hall–Kier alpha value is -2.81. The van der Waals surface area contributed by atoms with Gasteiger partial charge in [-0.15, -0.1) is 11.8 Å². The fourth-order valence-corrected chi connectivity index (χ4v) is 3.19. The zero-order chi connectivity index (χ0) is 19.4. The van der Waals surface area contributed by atoms with Gasteiger partial charge in [0.2, 0.25) is 5.91 Å². The van der Waals surface area contributed by atoms with Crippen LogP contribution in [0.5, 0.6) is 0 Å². The van der Waals surface area contributed by atoms with Crippen molar-refractivity contribution in [2.45, 2.75) is 17.6 Å². The van der Waals surface area contributed by atoms with Gasteiger partial charge in [-0.3, -0.25) is 9.59 Å². The van der Waals surface area contributed by atoms with E-state index < -0.39 is 23.4 Å². The van der Waals surface area contributed by atoms with E-state index in [2.05, 4.69) is 10.4 Å². The number of para-hydroxylation sites is 1. The first-order chi connectivity index (χ1) is 12.8. The van der Waals surface area contributed by atoms with E-state index in [0.717, 1.165) is 4.68 Å². The molecule has 0 aliphatic heterocycles. The van der Waals surface area contributed by atoms with Crippen molar-refractivity contribution >= 4 is 34.1 Å². The molecule has 0 radical (unpaired) electrons. The molecular formula is C18H14F3N3O2S. The minimum absolute atomic E-state index is 0.255. The predicted octanol–water partition coefficient (Wildman–Crippen LogP) is 3.69. The first-order valence-corrected chi connectivity index (χ1v) is 8.85. The third-order valence-electron chi connectivity index (χ3n) is 3.61. The van der Waals surface area contributed by atoms with Gasteiger partial charge in [0.1, 0.15) is 6.54 Å². The van der Waals surface area contributed by atoms with Crippen LogP contribution in [0.25, 0.3) is 10.8 Å². The van der Waals surface area contributed by atoms with Crippen LogP contribution in [0.4, 0.5) is 18.9 Å². The topological polar surface area (TPSA) is 64.0 Å². The molecule has 0 unspecified atom stereocenters. The van der Waals surface area contributed by atoms with Crippen LogP contribution in [-0.2, 0) is 11.3 Å². The van der Waals surface area contributed by atoms with Crippen LogP contribution in [0, 0.1) is 0 Å². The molecule has 3 rings (SSSR count). The average Bonchev–Trinajstić information content (AvgIpc) is 2.63. The number of hydrogen-bond acceptors (Lipinski definition) is 4. The van der Waals surface area contributed by atoms with E-state index in [9.17, 15) is 22.8 Å². The van der Waals surface area contributed by atoms with Gasteiger partial charge in [-0.2, -0.15) is 18.3 Å². The maximum absolute atomic E-state index is 12.4. The molecule has 3 aromatic rings. The summed E-state index contributed by atoms with van der Waals surface area (Å²) in [6.45, 7) is -0.345. The van der Waals surface area contributed by atoms with Crippen LogP contribution in [0.3, 0.4) is 0 Å². The number of carbonyl (C=O) groups is 1. The van der Waals surface area contributed by atoms with E-state index in [4.69, 9.17) is 0 Å². The van der Waals surface area contributed by atoms with Crippen LogP contribution in [-0.4, -0.2) is 27.6 Å². The highest BCUT2D eigenvalue weighted by Crippen LogP contribution is 2.32. The number of benzene rings is 2. The highest BCUT2D eigenvalue weighted by Gasteiger charge is 2.27. The quantitative estimate of drug-likeness (QED) is 0.672. The number of halogens is 3. The molecule has 0 atom stereocenters. The molecule has 140 valence electrons. The molecule has 0 fully saturated rings. The van der Waals surface area contributed by atoms with Crippen molar-refractivity contribution in [3.05, 3.63) is 65.1 Å². The number of thioether (sulfide) groups is 1. The molecule has 1 amide bonds. The summed E-state index contributed by atoms with van der Waals surface area (Å²) in [6.07, 6.45) is -2.83. The standard InChI is InChI=1S/C18H14F3N3O2S/c19-18(20,21)11-27-15-8-4-3-7-14(15)23-16(25)10-24-17(26)13-6-2-1-5-12(13)9-22-24/h1-9H,10-11H2,(H,23,25). The van der Waals surface area contributed by atoms with Gasteiger partial charge in [0.05, 0.1) is 23.0 Å². The highest BCUT2D eigenvalue weighted by molar-refractivity contribution is 7.99. The molecule has 0 aliphatic rings. The van der Waals surface area contributed by atoms with Gasteiger partial charge in [-0.25, -0.2) is 4.68 Å². The zero-order valence-electron chi connectivity index (χ0n) is 13.9. The number of nitrogens with zero attached hydrogens (tertiary/aromatic N) is 2. The smallest absolute Gasteiger partial charge is 0.323 e. The van der Waals surface area contributed by atoms with Crippen LogP contribution < -0.4 is 10.9 Å². The maximum atomic E-state index is 12.4. The molecule has 0 spiro atoms. The Morgan fingerprint density at radius 3 is 2.59 bits per heavy atom. The van der Waals surface area contributed by atoms with E-state index in [-0.39, 0.29) is 12.2 Å². The van der Waals surface area contributed by atoms with Gasteiger partial charge in [0.25, 0.3) is 5.56 Å². The van der Waals surface area contributed by atoms with Crippen LogP contribution in [0.1, 0.15) is 0 Å². The molecule has 0 saturated carbocycles. The Kier molecular flexibility index (Phi) is 5.50. The van der Waals surface area contributed by atoms with E-state index in [1.54, 1.807) is 36.4 Å². The SMILES string of the molecule is O=C(Cn1ncc2ccccc2c1=O)Nc1ccccc1SCC(F)(F)F. The van der Waals surface area contributed by atoms with E-state index in [0.29, 0.717) is 27.4 Å². The Balaban J connectivity index is 1.75. The zero-order valence-corrected chi connectivity index (χ0v) is 14.7.